The van der Waals surface area contributed by atoms with Gasteiger partial charge in [0.2, 0.25) is 5.91 Å². The van der Waals surface area contributed by atoms with Crippen LogP contribution >= 0.6 is 11.8 Å². The van der Waals surface area contributed by atoms with Gasteiger partial charge in [0.05, 0.1) is 5.75 Å². The zero-order valence-corrected chi connectivity index (χ0v) is 16.2. The van der Waals surface area contributed by atoms with E-state index in [9.17, 15) is 4.79 Å². The molecule has 0 atom stereocenters. The Morgan fingerprint density at radius 2 is 1.78 bits per heavy atom. The van der Waals surface area contributed by atoms with E-state index in [4.69, 9.17) is 0 Å². The molecule has 0 bridgehead atoms. The molecule has 2 aromatic carbocycles. The third-order valence-corrected chi connectivity index (χ3v) is 5.82. The van der Waals surface area contributed by atoms with E-state index in [0.717, 1.165) is 36.1 Å². The normalized spacial score (nSPS) is 13.4. The molecule has 138 valence electrons. The standard InChI is InChI=1S/C21H22N4OS/c1-2-25-20(17-9-4-3-5-10-17)22-23-21(25)27-15-19(26)24-13-12-16-8-6-7-11-18(16)14-24/h3-11H,2,12-15H2,1H3. The number of carbonyl (C=O) groups is 1. The smallest absolute Gasteiger partial charge is 0.233 e. The number of hydrogen-bond acceptors (Lipinski definition) is 4. The monoisotopic (exact) mass is 378 g/mol. The maximum Gasteiger partial charge on any atom is 0.233 e. The highest BCUT2D eigenvalue weighted by atomic mass is 32.2. The summed E-state index contributed by atoms with van der Waals surface area (Å²) in [5.41, 5.74) is 3.65. The average Bonchev–Trinajstić information content (AvgIpc) is 3.15. The molecular formula is C21H22N4OS. The highest BCUT2D eigenvalue weighted by Gasteiger charge is 2.21. The van der Waals surface area contributed by atoms with Crippen molar-refractivity contribution < 1.29 is 4.79 Å². The molecule has 0 saturated heterocycles. The molecular weight excluding hydrogens is 356 g/mol. The van der Waals surface area contributed by atoms with Gasteiger partial charge in [-0.1, -0.05) is 66.4 Å². The van der Waals surface area contributed by atoms with E-state index in [1.54, 1.807) is 0 Å². The van der Waals surface area contributed by atoms with E-state index >= 15 is 0 Å². The topological polar surface area (TPSA) is 51.0 Å². The minimum absolute atomic E-state index is 0.154. The third kappa shape index (κ3) is 3.76. The first-order valence-electron chi connectivity index (χ1n) is 9.22. The molecule has 1 aromatic heterocycles. The Morgan fingerprint density at radius 3 is 2.56 bits per heavy atom. The highest BCUT2D eigenvalue weighted by Crippen LogP contribution is 2.25. The van der Waals surface area contributed by atoms with Gasteiger partial charge in [-0.3, -0.25) is 4.79 Å². The number of carbonyl (C=O) groups excluding carboxylic acids is 1. The molecule has 0 radical (unpaired) electrons. The Kier molecular flexibility index (Phi) is 5.25. The molecule has 0 saturated carbocycles. The van der Waals surface area contributed by atoms with Gasteiger partial charge in [0, 0.05) is 25.2 Å². The van der Waals surface area contributed by atoms with Gasteiger partial charge in [-0.25, -0.2) is 0 Å². The quantitative estimate of drug-likeness (QED) is 0.636. The molecule has 1 amide bonds. The van der Waals surface area contributed by atoms with Gasteiger partial charge in [0.25, 0.3) is 0 Å². The van der Waals surface area contributed by atoms with Crippen molar-refractivity contribution in [2.45, 2.75) is 31.6 Å². The second-order valence-corrected chi connectivity index (χ2v) is 7.48. The predicted octanol–water partition coefficient (Wildman–Crippen LogP) is 3.64. The zero-order valence-electron chi connectivity index (χ0n) is 15.3. The maximum absolute atomic E-state index is 12.7. The summed E-state index contributed by atoms with van der Waals surface area (Å²) >= 11 is 1.47. The molecule has 0 N–H and O–H groups in total. The van der Waals surface area contributed by atoms with Gasteiger partial charge in [-0.05, 0) is 24.5 Å². The third-order valence-electron chi connectivity index (χ3n) is 4.87. The number of nitrogens with zero attached hydrogens (tertiary/aromatic N) is 4. The highest BCUT2D eigenvalue weighted by molar-refractivity contribution is 7.99. The van der Waals surface area contributed by atoms with Crippen LogP contribution in [-0.4, -0.2) is 37.9 Å². The number of hydrogen-bond donors (Lipinski definition) is 0. The van der Waals surface area contributed by atoms with Gasteiger partial charge < -0.3 is 9.47 Å². The van der Waals surface area contributed by atoms with Crippen LogP contribution in [0.4, 0.5) is 0 Å². The molecule has 0 unspecified atom stereocenters. The zero-order chi connectivity index (χ0) is 18.6. The molecule has 3 aromatic rings. The van der Waals surface area contributed by atoms with Crippen LogP contribution in [0, 0.1) is 0 Å². The summed E-state index contributed by atoms with van der Waals surface area (Å²) in [5, 5.41) is 9.46. The maximum atomic E-state index is 12.7. The summed E-state index contributed by atoms with van der Waals surface area (Å²) in [6, 6.07) is 18.4. The number of benzene rings is 2. The molecule has 0 aliphatic carbocycles. The van der Waals surface area contributed by atoms with Crippen LogP contribution in [-0.2, 0) is 24.3 Å². The summed E-state index contributed by atoms with van der Waals surface area (Å²) in [6.45, 7) is 4.32. The van der Waals surface area contributed by atoms with E-state index in [1.165, 1.54) is 22.9 Å². The lowest BCUT2D eigenvalue weighted by Gasteiger charge is -2.28. The van der Waals surface area contributed by atoms with E-state index in [0.29, 0.717) is 12.3 Å². The van der Waals surface area contributed by atoms with Crippen LogP contribution in [0.1, 0.15) is 18.1 Å². The lowest BCUT2D eigenvalue weighted by molar-refractivity contribution is -0.129. The Labute approximate surface area is 163 Å². The summed E-state index contributed by atoms with van der Waals surface area (Å²) in [7, 11) is 0. The summed E-state index contributed by atoms with van der Waals surface area (Å²) in [4.78, 5) is 14.6. The second-order valence-electron chi connectivity index (χ2n) is 6.54. The van der Waals surface area contributed by atoms with Crippen molar-refractivity contribution in [3.05, 3.63) is 65.7 Å². The van der Waals surface area contributed by atoms with Gasteiger partial charge in [0.1, 0.15) is 0 Å². The SMILES string of the molecule is CCn1c(SCC(=O)N2CCc3ccccc3C2)nnc1-c1ccccc1. The first kappa shape index (κ1) is 17.8. The second kappa shape index (κ2) is 7.96. The summed E-state index contributed by atoms with van der Waals surface area (Å²) in [6.07, 6.45) is 0.926. The molecule has 27 heavy (non-hydrogen) atoms. The molecule has 2 heterocycles. The minimum Gasteiger partial charge on any atom is -0.337 e. The van der Waals surface area contributed by atoms with Crippen molar-refractivity contribution in [2.75, 3.05) is 12.3 Å². The molecule has 0 fully saturated rings. The summed E-state index contributed by atoms with van der Waals surface area (Å²) in [5.74, 6) is 1.39. The van der Waals surface area contributed by atoms with E-state index in [2.05, 4.69) is 39.9 Å². The van der Waals surface area contributed by atoms with Crippen molar-refractivity contribution in [2.24, 2.45) is 0 Å². The largest absolute Gasteiger partial charge is 0.337 e. The number of rotatable bonds is 5. The first-order valence-corrected chi connectivity index (χ1v) is 10.2. The van der Waals surface area contributed by atoms with Gasteiger partial charge in [-0.2, -0.15) is 0 Å². The van der Waals surface area contributed by atoms with Crippen molar-refractivity contribution >= 4 is 17.7 Å². The van der Waals surface area contributed by atoms with Gasteiger partial charge >= 0.3 is 0 Å². The van der Waals surface area contributed by atoms with Crippen molar-refractivity contribution in [1.82, 2.24) is 19.7 Å². The van der Waals surface area contributed by atoms with E-state index in [-0.39, 0.29) is 5.91 Å². The van der Waals surface area contributed by atoms with Gasteiger partial charge in [-0.15, -0.1) is 10.2 Å². The lowest BCUT2D eigenvalue weighted by Crippen LogP contribution is -2.37. The molecule has 6 heteroatoms. The number of thioether (sulfide) groups is 1. The minimum atomic E-state index is 0.154. The van der Waals surface area contributed by atoms with Crippen LogP contribution in [0.2, 0.25) is 0 Å². The number of fused-ring (bicyclic) bond motifs is 1. The molecule has 5 nitrogen and oxygen atoms in total. The van der Waals surface area contributed by atoms with Crippen molar-refractivity contribution in [3.63, 3.8) is 0 Å². The fourth-order valence-electron chi connectivity index (χ4n) is 3.41. The van der Waals surface area contributed by atoms with Crippen LogP contribution < -0.4 is 0 Å². The van der Waals surface area contributed by atoms with Crippen molar-refractivity contribution in [1.29, 1.82) is 0 Å². The van der Waals surface area contributed by atoms with Crippen LogP contribution in [0.3, 0.4) is 0 Å². The predicted molar refractivity (Wildman–Crippen MR) is 107 cm³/mol. The van der Waals surface area contributed by atoms with Gasteiger partial charge in [0.15, 0.2) is 11.0 Å². The Morgan fingerprint density at radius 1 is 1.04 bits per heavy atom. The first-order chi connectivity index (χ1) is 13.3. The average molecular weight is 379 g/mol. The van der Waals surface area contributed by atoms with Crippen LogP contribution in [0.5, 0.6) is 0 Å². The van der Waals surface area contributed by atoms with E-state index in [1.807, 2.05) is 41.3 Å². The van der Waals surface area contributed by atoms with Crippen LogP contribution in [0.25, 0.3) is 11.4 Å². The Hall–Kier alpha value is -2.60. The Balaban J connectivity index is 1.43. The number of aromatic nitrogens is 3. The lowest BCUT2D eigenvalue weighted by atomic mass is 10.00. The Bertz CT molecular complexity index is 938. The van der Waals surface area contributed by atoms with Crippen molar-refractivity contribution in [3.8, 4) is 11.4 Å². The van der Waals surface area contributed by atoms with E-state index < -0.39 is 0 Å². The number of amides is 1. The molecule has 1 aliphatic heterocycles. The fraction of sp³-hybridized carbons (Fsp3) is 0.286. The molecule has 1 aliphatic rings. The molecule has 4 rings (SSSR count). The summed E-state index contributed by atoms with van der Waals surface area (Å²) < 4.78 is 2.07. The fourth-order valence-corrected chi connectivity index (χ4v) is 4.31. The molecule has 0 spiro atoms. The van der Waals surface area contributed by atoms with Crippen LogP contribution in [0.15, 0.2) is 59.8 Å².